The monoisotopic (exact) mass is 182 g/mol. The standard InChI is InChI=1S/C10H14O3/c1-6-8(11)9(12)10(13-6)7-4-2-3-5-7/h7,11-12H,2-5H2,1H3. The lowest BCUT2D eigenvalue weighted by atomic mass is 10.1. The molecular weight excluding hydrogens is 168 g/mol. The summed E-state index contributed by atoms with van der Waals surface area (Å²) in [4.78, 5) is 0. The highest BCUT2D eigenvalue weighted by molar-refractivity contribution is 5.44. The van der Waals surface area contributed by atoms with Crippen LogP contribution in [0.2, 0.25) is 0 Å². The molecule has 2 N–H and O–H groups in total. The molecule has 1 aromatic heterocycles. The third-order valence-corrected chi connectivity index (χ3v) is 2.78. The summed E-state index contributed by atoms with van der Waals surface area (Å²) in [5, 5.41) is 18.9. The van der Waals surface area contributed by atoms with E-state index in [0.717, 1.165) is 12.8 Å². The molecule has 0 spiro atoms. The average molecular weight is 182 g/mol. The van der Waals surface area contributed by atoms with Gasteiger partial charge in [0.15, 0.2) is 11.5 Å². The molecule has 0 saturated heterocycles. The van der Waals surface area contributed by atoms with Crippen LogP contribution in [0.5, 0.6) is 11.5 Å². The third kappa shape index (κ3) is 1.28. The van der Waals surface area contributed by atoms with Crippen LogP contribution in [0.4, 0.5) is 0 Å². The summed E-state index contributed by atoms with van der Waals surface area (Å²) >= 11 is 0. The normalized spacial score (nSPS) is 18.2. The molecule has 72 valence electrons. The van der Waals surface area contributed by atoms with Crippen molar-refractivity contribution < 1.29 is 14.6 Å². The molecule has 0 amide bonds. The second kappa shape index (κ2) is 2.98. The van der Waals surface area contributed by atoms with Crippen LogP contribution < -0.4 is 0 Å². The minimum absolute atomic E-state index is 0.0515. The van der Waals surface area contributed by atoms with E-state index < -0.39 is 0 Å². The number of aromatic hydroxyl groups is 2. The van der Waals surface area contributed by atoms with Crippen LogP contribution in [0.25, 0.3) is 0 Å². The van der Waals surface area contributed by atoms with E-state index in [0.29, 0.717) is 17.4 Å². The number of rotatable bonds is 1. The highest BCUT2D eigenvalue weighted by Gasteiger charge is 2.26. The van der Waals surface area contributed by atoms with Gasteiger partial charge in [-0.2, -0.15) is 0 Å². The SMILES string of the molecule is Cc1oc(C2CCCC2)c(O)c1O. The van der Waals surface area contributed by atoms with E-state index in [-0.39, 0.29) is 11.5 Å². The zero-order chi connectivity index (χ0) is 9.42. The summed E-state index contributed by atoms with van der Waals surface area (Å²) in [7, 11) is 0. The van der Waals surface area contributed by atoms with Crippen molar-refractivity contribution in [3.05, 3.63) is 11.5 Å². The molecule has 0 unspecified atom stereocenters. The van der Waals surface area contributed by atoms with Crippen molar-refractivity contribution in [1.82, 2.24) is 0 Å². The summed E-state index contributed by atoms with van der Waals surface area (Å²) in [6.45, 7) is 1.66. The summed E-state index contributed by atoms with van der Waals surface area (Å²) in [5.74, 6) is 1.15. The molecule has 0 atom stereocenters. The van der Waals surface area contributed by atoms with Gasteiger partial charge in [0.1, 0.15) is 5.76 Å². The lowest BCUT2D eigenvalue weighted by Crippen LogP contribution is -1.88. The Morgan fingerprint density at radius 1 is 1.15 bits per heavy atom. The van der Waals surface area contributed by atoms with Crippen molar-refractivity contribution >= 4 is 0 Å². The highest BCUT2D eigenvalue weighted by Crippen LogP contribution is 2.44. The van der Waals surface area contributed by atoms with Gasteiger partial charge in [0.05, 0.1) is 0 Å². The maximum Gasteiger partial charge on any atom is 0.200 e. The van der Waals surface area contributed by atoms with Crippen molar-refractivity contribution in [2.45, 2.75) is 38.5 Å². The Morgan fingerprint density at radius 2 is 1.77 bits per heavy atom. The Kier molecular flexibility index (Phi) is 1.94. The Morgan fingerprint density at radius 3 is 2.23 bits per heavy atom. The molecule has 0 aliphatic heterocycles. The number of furan rings is 1. The minimum Gasteiger partial charge on any atom is -0.502 e. The van der Waals surface area contributed by atoms with Gasteiger partial charge in [0.2, 0.25) is 5.75 Å². The van der Waals surface area contributed by atoms with Gasteiger partial charge in [0.25, 0.3) is 0 Å². The first-order chi connectivity index (χ1) is 6.20. The fourth-order valence-electron chi connectivity index (χ4n) is 2.01. The fourth-order valence-corrected chi connectivity index (χ4v) is 2.01. The quantitative estimate of drug-likeness (QED) is 0.702. The molecule has 1 aliphatic rings. The molecule has 1 aromatic rings. The van der Waals surface area contributed by atoms with Crippen molar-refractivity contribution in [1.29, 1.82) is 0 Å². The Balaban J connectivity index is 2.34. The van der Waals surface area contributed by atoms with Gasteiger partial charge in [0, 0.05) is 5.92 Å². The average Bonchev–Trinajstić information content (AvgIpc) is 2.70. The smallest absolute Gasteiger partial charge is 0.200 e. The molecule has 1 saturated carbocycles. The Labute approximate surface area is 77.0 Å². The predicted octanol–water partition coefficient (Wildman–Crippen LogP) is 2.66. The Bertz CT molecular complexity index is 308. The molecule has 1 heterocycles. The van der Waals surface area contributed by atoms with Gasteiger partial charge in [-0.3, -0.25) is 0 Å². The third-order valence-electron chi connectivity index (χ3n) is 2.78. The summed E-state index contributed by atoms with van der Waals surface area (Å²) in [5.41, 5.74) is 0. The van der Waals surface area contributed by atoms with Crippen molar-refractivity contribution in [2.75, 3.05) is 0 Å². The molecule has 0 bridgehead atoms. The van der Waals surface area contributed by atoms with E-state index in [1.54, 1.807) is 6.92 Å². The first kappa shape index (κ1) is 8.48. The summed E-state index contributed by atoms with van der Waals surface area (Å²) < 4.78 is 5.33. The fraction of sp³-hybridized carbons (Fsp3) is 0.600. The van der Waals surface area contributed by atoms with Gasteiger partial charge >= 0.3 is 0 Å². The molecule has 1 fully saturated rings. The number of aryl methyl sites for hydroxylation is 1. The van der Waals surface area contributed by atoms with Gasteiger partial charge in [-0.1, -0.05) is 12.8 Å². The maximum atomic E-state index is 9.54. The summed E-state index contributed by atoms with van der Waals surface area (Å²) in [6.07, 6.45) is 4.48. The topological polar surface area (TPSA) is 53.6 Å². The van der Waals surface area contributed by atoms with Crippen molar-refractivity contribution in [3.8, 4) is 11.5 Å². The molecule has 2 rings (SSSR count). The van der Waals surface area contributed by atoms with E-state index in [4.69, 9.17) is 4.42 Å². The van der Waals surface area contributed by atoms with Gasteiger partial charge < -0.3 is 14.6 Å². The second-order valence-electron chi connectivity index (χ2n) is 3.70. The van der Waals surface area contributed by atoms with Crippen LogP contribution in [-0.2, 0) is 0 Å². The predicted molar refractivity (Wildman–Crippen MR) is 48.0 cm³/mol. The van der Waals surface area contributed by atoms with Crippen LogP contribution >= 0.6 is 0 Å². The molecule has 1 aliphatic carbocycles. The number of hydrogen-bond donors (Lipinski definition) is 2. The van der Waals surface area contributed by atoms with E-state index in [9.17, 15) is 10.2 Å². The minimum atomic E-state index is -0.0955. The molecule has 13 heavy (non-hydrogen) atoms. The van der Waals surface area contributed by atoms with E-state index in [2.05, 4.69) is 0 Å². The molecule has 3 heteroatoms. The van der Waals surface area contributed by atoms with Gasteiger partial charge in [-0.15, -0.1) is 0 Å². The van der Waals surface area contributed by atoms with E-state index in [1.807, 2.05) is 0 Å². The lowest BCUT2D eigenvalue weighted by molar-refractivity contribution is 0.392. The first-order valence-electron chi connectivity index (χ1n) is 4.71. The number of hydrogen-bond acceptors (Lipinski definition) is 3. The van der Waals surface area contributed by atoms with E-state index >= 15 is 0 Å². The van der Waals surface area contributed by atoms with Crippen molar-refractivity contribution in [3.63, 3.8) is 0 Å². The van der Waals surface area contributed by atoms with Gasteiger partial charge in [-0.05, 0) is 19.8 Å². The van der Waals surface area contributed by atoms with Crippen LogP contribution in [0, 0.1) is 6.92 Å². The molecular formula is C10H14O3. The van der Waals surface area contributed by atoms with Crippen molar-refractivity contribution in [2.24, 2.45) is 0 Å². The highest BCUT2D eigenvalue weighted by atomic mass is 16.4. The molecule has 3 nitrogen and oxygen atoms in total. The van der Waals surface area contributed by atoms with Crippen LogP contribution in [0.15, 0.2) is 4.42 Å². The van der Waals surface area contributed by atoms with Gasteiger partial charge in [-0.25, -0.2) is 0 Å². The largest absolute Gasteiger partial charge is 0.502 e. The first-order valence-corrected chi connectivity index (χ1v) is 4.71. The lowest BCUT2D eigenvalue weighted by Gasteiger charge is -2.04. The summed E-state index contributed by atoms with van der Waals surface area (Å²) in [6, 6.07) is 0. The zero-order valence-electron chi connectivity index (χ0n) is 7.71. The Hall–Kier alpha value is -1.12. The molecule has 0 aromatic carbocycles. The second-order valence-corrected chi connectivity index (χ2v) is 3.70. The van der Waals surface area contributed by atoms with Crippen LogP contribution in [0.1, 0.15) is 43.1 Å². The maximum absolute atomic E-state index is 9.54. The van der Waals surface area contributed by atoms with Crippen LogP contribution in [0.3, 0.4) is 0 Å². The van der Waals surface area contributed by atoms with Crippen LogP contribution in [-0.4, -0.2) is 10.2 Å². The zero-order valence-corrected chi connectivity index (χ0v) is 7.71. The molecule has 0 radical (unpaired) electrons. The van der Waals surface area contributed by atoms with E-state index in [1.165, 1.54) is 12.8 Å².